The molecule has 2 aromatic carbocycles. The Hall–Kier alpha value is -4.08. The van der Waals surface area contributed by atoms with E-state index in [-0.39, 0.29) is 35.3 Å². The summed E-state index contributed by atoms with van der Waals surface area (Å²) in [5.74, 6) is -3.99. The SMILES string of the molecule is CC(C)(C)N1C(=O)c2ccc(C(=O)NCCNC(=O)c3cc(O)c(O)c(O)c3)cc2C1=O. The quantitative estimate of drug-likeness (QED) is 0.266. The Labute approximate surface area is 183 Å². The Morgan fingerprint density at radius 1 is 0.812 bits per heavy atom. The van der Waals surface area contributed by atoms with Crippen molar-refractivity contribution in [2.45, 2.75) is 26.3 Å². The number of fused-ring (bicyclic) bond motifs is 1. The molecule has 0 atom stereocenters. The Bertz CT molecular complexity index is 1110. The molecule has 2 aromatic rings. The maximum Gasteiger partial charge on any atom is 0.262 e. The van der Waals surface area contributed by atoms with Crippen LogP contribution in [0, 0.1) is 0 Å². The second-order valence-corrected chi connectivity index (χ2v) is 8.25. The molecule has 10 heteroatoms. The first kappa shape index (κ1) is 22.6. The maximum atomic E-state index is 12.6. The number of imide groups is 1. The molecule has 0 fully saturated rings. The molecule has 0 saturated heterocycles. The smallest absolute Gasteiger partial charge is 0.262 e. The minimum atomic E-state index is -0.728. The lowest BCUT2D eigenvalue weighted by molar-refractivity contribution is 0.0507. The van der Waals surface area contributed by atoms with Crippen LogP contribution in [-0.2, 0) is 0 Å². The molecule has 10 nitrogen and oxygen atoms in total. The van der Waals surface area contributed by atoms with Gasteiger partial charge in [-0.1, -0.05) is 0 Å². The third kappa shape index (κ3) is 4.20. The Kier molecular flexibility index (Phi) is 5.80. The van der Waals surface area contributed by atoms with Crippen LogP contribution < -0.4 is 10.6 Å². The van der Waals surface area contributed by atoms with Crippen LogP contribution in [0.25, 0.3) is 0 Å². The minimum absolute atomic E-state index is 0.0349. The lowest BCUT2D eigenvalue weighted by Crippen LogP contribution is -2.45. The molecule has 1 aliphatic rings. The van der Waals surface area contributed by atoms with Crippen LogP contribution in [0.15, 0.2) is 30.3 Å². The molecule has 0 spiro atoms. The van der Waals surface area contributed by atoms with Gasteiger partial charge >= 0.3 is 0 Å². The van der Waals surface area contributed by atoms with Crippen LogP contribution >= 0.6 is 0 Å². The zero-order chi connectivity index (χ0) is 23.8. The number of rotatable bonds is 5. The van der Waals surface area contributed by atoms with E-state index in [2.05, 4.69) is 10.6 Å². The molecule has 1 heterocycles. The molecule has 5 N–H and O–H groups in total. The summed E-state index contributed by atoms with van der Waals surface area (Å²) < 4.78 is 0. The van der Waals surface area contributed by atoms with E-state index in [0.29, 0.717) is 0 Å². The number of hydrogen-bond donors (Lipinski definition) is 5. The van der Waals surface area contributed by atoms with Crippen LogP contribution in [-0.4, -0.2) is 62.5 Å². The van der Waals surface area contributed by atoms with Crippen molar-refractivity contribution in [1.82, 2.24) is 15.5 Å². The van der Waals surface area contributed by atoms with E-state index >= 15 is 0 Å². The lowest BCUT2D eigenvalue weighted by atomic mass is 10.1. The molecule has 0 unspecified atom stereocenters. The summed E-state index contributed by atoms with van der Waals surface area (Å²) in [6.45, 7) is 5.33. The van der Waals surface area contributed by atoms with Crippen LogP contribution in [0.3, 0.4) is 0 Å². The van der Waals surface area contributed by atoms with Gasteiger partial charge in [0, 0.05) is 29.8 Å². The normalized spacial score (nSPS) is 13.2. The molecule has 168 valence electrons. The van der Waals surface area contributed by atoms with E-state index in [0.717, 1.165) is 17.0 Å². The highest BCUT2D eigenvalue weighted by atomic mass is 16.3. The van der Waals surface area contributed by atoms with Gasteiger partial charge in [-0.15, -0.1) is 0 Å². The van der Waals surface area contributed by atoms with E-state index in [1.165, 1.54) is 18.2 Å². The number of aromatic hydroxyl groups is 3. The number of hydrogen-bond acceptors (Lipinski definition) is 7. The predicted molar refractivity (Wildman–Crippen MR) is 113 cm³/mol. The zero-order valence-corrected chi connectivity index (χ0v) is 17.7. The Balaban J connectivity index is 1.59. The second kappa shape index (κ2) is 8.22. The Morgan fingerprint density at radius 3 is 1.84 bits per heavy atom. The van der Waals surface area contributed by atoms with Gasteiger partial charge in [-0.2, -0.15) is 0 Å². The standard InChI is InChI=1S/C22H23N3O7/c1-22(2,3)25-20(31)13-5-4-11(8-14(13)21(25)32)18(29)23-6-7-24-19(30)12-9-15(26)17(28)16(27)10-12/h4-5,8-10,26-28H,6-7H2,1-3H3,(H,23,29)(H,24,30). The van der Waals surface area contributed by atoms with Gasteiger partial charge in [0.2, 0.25) is 0 Å². The van der Waals surface area contributed by atoms with Gasteiger partial charge in [0.15, 0.2) is 17.2 Å². The van der Waals surface area contributed by atoms with E-state index in [4.69, 9.17) is 0 Å². The van der Waals surface area contributed by atoms with Gasteiger partial charge < -0.3 is 26.0 Å². The summed E-state index contributed by atoms with van der Waals surface area (Å²) in [5.41, 5.74) is -0.166. The third-order valence-electron chi connectivity index (χ3n) is 4.85. The fraction of sp³-hybridized carbons (Fsp3) is 0.273. The van der Waals surface area contributed by atoms with Crippen molar-refractivity contribution in [2.24, 2.45) is 0 Å². The number of nitrogens with one attached hydrogen (secondary N) is 2. The first-order chi connectivity index (χ1) is 14.9. The van der Waals surface area contributed by atoms with Crippen molar-refractivity contribution >= 4 is 23.6 Å². The highest BCUT2D eigenvalue weighted by Crippen LogP contribution is 2.35. The molecule has 0 radical (unpaired) electrons. The molecule has 32 heavy (non-hydrogen) atoms. The molecule has 0 saturated carbocycles. The van der Waals surface area contributed by atoms with Gasteiger partial charge in [0.05, 0.1) is 11.1 Å². The molecule has 0 aromatic heterocycles. The summed E-state index contributed by atoms with van der Waals surface area (Å²) >= 11 is 0. The highest BCUT2D eigenvalue weighted by Gasteiger charge is 2.42. The van der Waals surface area contributed by atoms with Gasteiger partial charge in [0.1, 0.15) is 0 Å². The van der Waals surface area contributed by atoms with Crippen LogP contribution in [0.1, 0.15) is 62.2 Å². The molecular formula is C22H23N3O7. The van der Waals surface area contributed by atoms with E-state index in [9.17, 15) is 34.5 Å². The van der Waals surface area contributed by atoms with Crippen LogP contribution in [0.4, 0.5) is 0 Å². The van der Waals surface area contributed by atoms with Crippen LogP contribution in [0.2, 0.25) is 0 Å². The number of carbonyl (C=O) groups excluding carboxylic acids is 4. The fourth-order valence-electron chi connectivity index (χ4n) is 3.28. The van der Waals surface area contributed by atoms with Crippen molar-refractivity contribution in [2.75, 3.05) is 13.1 Å². The number of nitrogens with zero attached hydrogens (tertiary/aromatic N) is 1. The second-order valence-electron chi connectivity index (χ2n) is 8.25. The number of carbonyl (C=O) groups is 4. The molecule has 4 amide bonds. The molecule has 0 bridgehead atoms. The average Bonchev–Trinajstić information content (AvgIpc) is 2.98. The largest absolute Gasteiger partial charge is 0.504 e. The minimum Gasteiger partial charge on any atom is -0.504 e. The molecular weight excluding hydrogens is 418 g/mol. The van der Waals surface area contributed by atoms with Crippen LogP contribution in [0.5, 0.6) is 17.2 Å². The van der Waals surface area contributed by atoms with Gasteiger partial charge in [-0.3, -0.25) is 24.1 Å². The summed E-state index contributed by atoms with van der Waals surface area (Å²) in [6.07, 6.45) is 0. The van der Waals surface area contributed by atoms with Crippen molar-refractivity contribution in [1.29, 1.82) is 0 Å². The summed E-state index contributed by atoms with van der Waals surface area (Å²) in [6, 6.07) is 6.25. The van der Waals surface area contributed by atoms with Gasteiger partial charge in [-0.05, 0) is 51.1 Å². The van der Waals surface area contributed by atoms with Crippen molar-refractivity contribution in [3.05, 3.63) is 52.6 Å². The summed E-state index contributed by atoms with van der Waals surface area (Å²) in [7, 11) is 0. The number of phenols is 3. The van der Waals surface area contributed by atoms with Crippen molar-refractivity contribution < 1.29 is 34.5 Å². The van der Waals surface area contributed by atoms with E-state index < -0.39 is 46.4 Å². The molecule has 1 aliphatic heterocycles. The number of benzene rings is 2. The third-order valence-corrected chi connectivity index (χ3v) is 4.85. The first-order valence-electron chi connectivity index (χ1n) is 9.76. The summed E-state index contributed by atoms with van der Waals surface area (Å²) in [4.78, 5) is 50.8. The van der Waals surface area contributed by atoms with Crippen molar-refractivity contribution in [3.8, 4) is 17.2 Å². The fourth-order valence-corrected chi connectivity index (χ4v) is 3.28. The molecule has 0 aliphatic carbocycles. The molecule has 3 rings (SSSR count). The highest BCUT2D eigenvalue weighted by molar-refractivity contribution is 6.22. The van der Waals surface area contributed by atoms with E-state index in [1.54, 1.807) is 20.8 Å². The topological polar surface area (TPSA) is 156 Å². The average molecular weight is 441 g/mol. The maximum absolute atomic E-state index is 12.6. The van der Waals surface area contributed by atoms with Gasteiger partial charge in [0.25, 0.3) is 23.6 Å². The summed E-state index contributed by atoms with van der Waals surface area (Å²) in [5, 5.41) is 33.3. The lowest BCUT2D eigenvalue weighted by Gasteiger charge is -2.29. The first-order valence-corrected chi connectivity index (χ1v) is 9.76. The Morgan fingerprint density at radius 2 is 1.31 bits per heavy atom. The number of amides is 4. The van der Waals surface area contributed by atoms with E-state index in [1.807, 2.05) is 0 Å². The predicted octanol–water partition coefficient (Wildman–Crippen LogP) is 1.36. The monoisotopic (exact) mass is 441 g/mol. The number of phenolic OH excluding ortho intramolecular Hbond substituents is 3. The van der Waals surface area contributed by atoms with Gasteiger partial charge in [-0.25, -0.2) is 0 Å². The zero-order valence-electron chi connectivity index (χ0n) is 17.7. The van der Waals surface area contributed by atoms with Crippen molar-refractivity contribution in [3.63, 3.8) is 0 Å².